The molecule has 0 aromatic heterocycles. The van der Waals surface area contributed by atoms with Crippen molar-refractivity contribution in [3.05, 3.63) is 28.8 Å². The Morgan fingerprint density at radius 1 is 0.941 bits per heavy atom. The molecule has 0 aliphatic heterocycles. The SMILES string of the molecule is Cc1ccc(PC2(C)CCCCC2)c(C)c1C. The molecule has 2 rings (SSSR count). The summed E-state index contributed by atoms with van der Waals surface area (Å²) in [6, 6.07) is 4.67. The van der Waals surface area contributed by atoms with E-state index < -0.39 is 0 Å². The van der Waals surface area contributed by atoms with Gasteiger partial charge in [-0.25, -0.2) is 0 Å². The minimum Gasteiger partial charge on any atom is -0.0840 e. The van der Waals surface area contributed by atoms with Gasteiger partial charge in [0.25, 0.3) is 0 Å². The maximum Gasteiger partial charge on any atom is -0.0110 e. The summed E-state index contributed by atoms with van der Waals surface area (Å²) in [5, 5.41) is 2.20. The maximum absolute atomic E-state index is 2.50. The molecule has 94 valence electrons. The molecule has 0 radical (unpaired) electrons. The lowest BCUT2D eigenvalue weighted by Gasteiger charge is -2.34. The lowest BCUT2D eigenvalue weighted by atomic mass is 9.90. The van der Waals surface area contributed by atoms with Gasteiger partial charge in [-0.05, 0) is 60.8 Å². The summed E-state index contributed by atoms with van der Waals surface area (Å²) in [4.78, 5) is 0. The molecule has 1 unspecified atom stereocenters. The van der Waals surface area contributed by atoms with Crippen LogP contribution >= 0.6 is 8.58 Å². The molecule has 1 aliphatic carbocycles. The molecule has 1 heteroatoms. The van der Waals surface area contributed by atoms with Crippen LogP contribution in [0.25, 0.3) is 0 Å². The Balaban J connectivity index is 2.21. The van der Waals surface area contributed by atoms with Crippen molar-refractivity contribution in [2.75, 3.05) is 0 Å². The Kier molecular flexibility index (Phi) is 3.93. The first-order valence-corrected chi connectivity index (χ1v) is 7.87. The van der Waals surface area contributed by atoms with Crippen LogP contribution in [0, 0.1) is 20.8 Å². The average molecular weight is 248 g/mol. The highest BCUT2D eigenvalue weighted by molar-refractivity contribution is 7.49. The minimum atomic E-state index is 0.588. The van der Waals surface area contributed by atoms with Gasteiger partial charge < -0.3 is 0 Å². The van der Waals surface area contributed by atoms with Gasteiger partial charge in [0.15, 0.2) is 0 Å². The van der Waals surface area contributed by atoms with Crippen molar-refractivity contribution >= 4 is 13.9 Å². The third kappa shape index (κ3) is 2.91. The third-order valence-corrected chi connectivity index (χ3v) is 6.37. The summed E-state index contributed by atoms with van der Waals surface area (Å²) in [7, 11) is 0.998. The second-order valence-corrected chi connectivity index (χ2v) is 7.92. The van der Waals surface area contributed by atoms with Crippen molar-refractivity contribution in [2.24, 2.45) is 0 Å². The van der Waals surface area contributed by atoms with E-state index in [1.54, 1.807) is 5.30 Å². The highest BCUT2D eigenvalue weighted by Crippen LogP contribution is 2.43. The lowest BCUT2D eigenvalue weighted by molar-refractivity contribution is 0.419. The summed E-state index contributed by atoms with van der Waals surface area (Å²) in [6.07, 6.45) is 7.18. The van der Waals surface area contributed by atoms with Gasteiger partial charge in [-0.2, -0.15) is 0 Å². The Bertz CT molecular complexity index is 400. The number of aryl methyl sites for hydroxylation is 1. The lowest BCUT2D eigenvalue weighted by Crippen LogP contribution is -2.25. The summed E-state index contributed by atoms with van der Waals surface area (Å²) in [6.45, 7) is 9.29. The topological polar surface area (TPSA) is 0 Å². The van der Waals surface area contributed by atoms with E-state index in [0.29, 0.717) is 5.16 Å². The first kappa shape index (κ1) is 13.1. The monoisotopic (exact) mass is 248 g/mol. The number of benzene rings is 1. The molecule has 0 bridgehead atoms. The molecule has 1 aromatic rings. The Labute approximate surface area is 108 Å². The fraction of sp³-hybridized carbons (Fsp3) is 0.625. The smallest absolute Gasteiger partial charge is 0.0110 e. The molecule has 0 N–H and O–H groups in total. The Hall–Kier alpha value is -0.350. The van der Waals surface area contributed by atoms with E-state index in [1.807, 2.05) is 0 Å². The average Bonchev–Trinajstić information content (AvgIpc) is 2.31. The van der Waals surface area contributed by atoms with Crippen molar-refractivity contribution in [3.8, 4) is 0 Å². The molecule has 1 aromatic carbocycles. The van der Waals surface area contributed by atoms with Crippen molar-refractivity contribution in [3.63, 3.8) is 0 Å². The van der Waals surface area contributed by atoms with E-state index in [9.17, 15) is 0 Å². The minimum absolute atomic E-state index is 0.588. The van der Waals surface area contributed by atoms with Crippen LogP contribution in [0.4, 0.5) is 0 Å². The van der Waals surface area contributed by atoms with Crippen molar-refractivity contribution < 1.29 is 0 Å². The summed E-state index contributed by atoms with van der Waals surface area (Å²) in [5.41, 5.74) is 4.47. The van der Waals surface area contributed by atoms with Gasteiger partial charge in [0.1, 0.15) is 0 Å². The van der Waals surface area contributed by atoms with Gasteiger partial charge in [-0.1, -0.05) is 46.9 Å². The number of hydrogen-bond acceptors (Lipinski definition) is 0. The zero-order chi connectivity index (χ0) is 12.5. The van der Waals surface area contributed by atoms with Crippen molar-refractivity contribution in [2.45, 2.75) is 65.0 Å². The molecular formula is C16H25P. The van der Waals surface area contributed by atoms with Crippen LogP contribution in [0.1, 0.15) is 55.7 Å². The fourth-order valence-corrected chi connectivity index (χ4v) is 4.67. The van der Waals surface area contributed by atoms with Crippen LogP contribution in [0.5, 0.6) is 0 Å². The summed E-state index contributed by atoms with van der Waals surface area (Å²) < 4.78 is 0. The zero-order valence-electron chi connectivity index (χ0n) is 11.7. The van der Waals surface area contributed by atoms with Gasteiger partial charge >= 0.3 is 0 Å². The molecule has 0 spiro atoms. The predicted octanol–water partition coefficient (Wildman–Crippen LogP) is 4.64. The molecule has 17 heavy (non-hydrogen) atoms. The highest BCUT2D eigenvalue weighted by Gasteiger charge is 2.27. The Morgan fingerprint density at radius 2 is 1.59 bits per heavy atom. The van der Waals surface area contributed by atoms with E-state index in [0.717, 1.165) is 8.58 Å². The zero-order valence-corrected chi connectivity index (χ0v) is 12.7. The quantitative estimate of drug-likeness (QED) is 0.669. The number of rotatable bonds is 2. The van der Waals surface area contributed by atoms with Gasteiger partial charge in [0.2, 0.25) is 0 Å². The van der Waals surface area contributed by atoms with Crippen LogP contribution in [0.15, 0.2) is 12.1 Å². The van der Waals surface area contributed by atoms with Crippen molar-refractivity contribution in [1.82, 2.24) is 0 Å². The first-order chi connectivity index (χ1) is 8.02. The molecule has 0 amide bonds. The van der Waals surface area contributed by atoms with E-state index in [1.165, 1.54) is 48.8 Å². The largest absolute Gasteiger partial charge is 0.0840 e. The molecule has 1 atom stereocenters. The van der Waals surface area contributed by atoms with Crippen molar-refractivity contribution in [1.29, 1.82) is 0 Å². The second-order valence-electron chi connectivity index (χ2n) is 5.93. The molecule has 1 saturated carbocycles. The van der Waals surface area contributed by atoms with E-state index >= 15 is 0 Å². The molecular weight excluding hydrogens is 223 g/mol. The van der Waals surface area contributed by atoms with E-state index in [-0.39, 0.29) is 0 Å². The van der Waals surface area contributed by atoms with Crippen LogP contribution < -0.4 is 5.30 Å². The van der Waals surface area contributed by atoms with Gasteiger partial charge in [-0.3, -0.25) is 0 Å². The van der Waals surface area contributed by atoms with Crippen LogP contribution in [-0.4, -0.2) is 5.16 Å². The number of hydrogen-bond donors (Lipinski definition) is 0. The second kappa shape index (κ2) is 5.11. The van der Waals surface area contributed by atoms with Crippen LogP contribution in [0.2, 0.25) is 0 Å². The molecule has 0 saturated heterocycles. The Morgan fingerprint density at radius 3 is 2.24 bits per heavy atom. The molecule has 0 heterocycles. The summed E-state index contributed by atoms with van der Waals surface area (Å²) >= 11 is 0. The highest BCUT2D eigenvalue weighted by atomic mass is 31.1. The van der Waals surface area contributed by atoms with Gasteiger partial charge in [0, 0.05) is 0 Å². The molecule has 1 fully saturated rings. The van der Waals surface area contributed by atoms with E-state index in [4.69, 9.17) is 0 Å². The standard InChI is InChI=1S/C16H25P/c1-12-8-9-15(14(3)13(12)2)17-16(4)10-6-5-7-11-16/h8-9,17H,5-7,10-11H2,1-4H3. The first-order valence-electron chi connectivity index (χ1n) is 6.87. The molecule has 1 aliphatic rings. The third-order valence-electron chi connectivity index (χ3n) is 4.45. The summed E-state index contributed by atoms with van der Waals surface area (Å²) in [5.74, 6) is 0. The van der Waals surface area contributed by atoms with Crippen LogP contribution in [-0.2, 0) is 0 Å². The predicted molar refractivity (Wildman–Crippen MR) is 80.1 cm³/mol. The maximum atomic E-state index is 2.50. The van der Waals surface area contributed by atoms with Crippen LogP contribution in [0.3, 0.4) is 0 Å². The van der Waals surface area contributed by atoms with Gasteiger partial charge in [-0.15, -0.1) is 0 Å². The normalized spacial score (nSPS) is 20.0. The van der Waals surface area contributed by atoms with E-state index in [2.05, 4.69) is 39.8 Å². The molecule has 0 nitrogen and oxygen atoms in total. The van der Waals surface area contributed by atoms with Gasteiger partial charge in [0.05, 0.1) is 0 Å². The fourth-order valence-electron chi connectivity index (χ4n) is 2.87.